The SMILES string of the molecule is NCC1(CNC(=O)CCC2CCCCO2)CCCC1. The van der Waals surface area contributed by atoms with Crippen molar-refractivity contribution in [3.05, 3.63) is 0 Å². The Hall–Kier alpha value is -0.610. The summed E-state index contributed by atoms with van der Waals surface area (Å²) in [6.45, 7) is 2.31. The van der Waals surface area contributed by atoms with Gasteiger partial charge in [0.1, 0.15) is 0 Å². The number of hydrogen-bond donors (Lipinski definition) is 2. The molecule has 0 radical (unpaired) electrons. The number of nitrogens with two attached hydrogens (primary N) is 1. The Morgan fingerprint density at radius 3 is 2.68 bits per heavy atom. The van der Waals surface area contributed by atoms with E-state index < -0.39 is 0 Å². The predicted octanol–water partition coefficient (Wildman–Crippen LogP) is 1.97. The van der Waals surface area contributed by atoms with Gasteiger partial charge in [-0.25, -0.2) is 0 Å². The molecular formula is C15H28N2O2. The van der Waals surface area contributed by atoms with E-state index in [1.165, 1.54) is 25.7 Å². The van der Waals surface area contributed by atoms with Crippen molar-refractivity contribution in [2.45, 2.75) is 63.9 Å². The molecule has 4 nitrogen and oxygen atoms in total. The number of carbonyl (C=O) groups is 1. The smallest absolute Gasteiger partial charge is 0.220 e. The van der Waals surface area contributed by atoms with Gasteiger partial charge in [0.05, 0.1) is 6.10 Å². The van der Waals surface area contributed by atoms with E-state index in [2.05, 4.69) is 5.32 Å². The molecule has 1 aliphatic heterocycles. The monoisotopic (exact) mass is 268 g/mol. The number of carbonyl (C=O) groups excluding carboxylic acids is 1. The first kappa shape index (κ1) is 14.8. The Bertz CT molecular complexity index is 282. The maximum Gasteiger partial charge on any atom is 0.220 e. The Labute approximate surface area is 116 Å². The highest BCUT2D eigenvalue weighted by molar-refractivity contribution is 5.75. The highest BCUT2D eigenvalue weighted by atomic mass is 16.5. The second-order valence-corrected chi connectivity index (χ2v) is 6.22. The molecule has 2 aliphatic rings. The second kappa shape index (κ2) is 7.25. The van der Waals surface area contributed by atoms with Crippen LogP contribution in [0.4, 0.5) is 0 Å². The normalized spacial score (nSPS) is 26.3. The van der Waals surface area contributed by atoms with Crippen molar-refractivity contribution in [2.24, 2.45) is 11.1 Å². The Kier molecular flexibility index (Phi) is 5.64. The van der Waals surface area contributed by atoms with Gasteiger partial charge < -0.3 is 15.8 Å². The number of hydrogen-bond acceptors (Lipinski definition) is 3. The van der Waals surface area contributed by atoms with Crippen LogP contribution >= 0.6 is 0 Å². The van der Waals surface area contributed by atoms with E-state index in [-0.39, 0.29) is 11.3 Å². The molecule has 1 atom stereocenters. The molecule has 3 N–H and O–H groups in total. The standard InChI is InChI=1S/C15H28N2O2/c16-11-15(8-2-3-9-15)12-17-14(18)7-6-13-5-1-4-10-19-13/h13H,1-12,16H2,(H,17,18). The molecule has 4 heteroatoms. The average Bonchev–Trinajstić information content (AvgIpc) is 2.93. The van der Waals surface area contributed by atoms with E-state index in [1.807, 2.05) is 0 Å². The van der Waals surface area contributed by atoms with Crippen molar-refractivity contribution in [3.8, 4) is 0 Å². The molecule has 2 rings (SSSR count). The summed E-state index contributed by atoms with van der Waals surface area (Å²) in [7, 11) is 0. The summed E-state index contributed by atoms with van der Waals surface area (Å²) >= 11 is 0. The number of rotatable bonds is 6. The van der Waals surface area contributed by atoms with Gasteiger partial charge in [0, 0.05) is 19.6 Å². The van der Waals surface area contributed by atoms with Crippen molar-refractivity contribution in [3.63, 3.8) is 0 Å². The zero-order chi connectivity index (χ0) is 13.6. The molecule has 1 unspecified atom stereocenters. The molecular weight excluding hydrogens is 240 g/mol. The van der Waals surface area contributed by atoms with Crippen LogP contribution in [0.15, 0.2) is 0 Å². The van der Waals surface area contributed by atoms with Crippen LogP contribution in [-0.4, -0.2) is 31.7 Å². The van der Waals surface area contributed by atoms with Crippen LogP contribution < -0.4 is 11.1 Å². The van der Waals surface area contributed by atoms with Crippen molar-refractivity contribution < 1.29 is 9.53 Å². The van der Waals surface area contributed by atoms with E-state index in [1.54, 1.807) is 0 Å². The van der Waals surface area contributed by atoms with Gasteiger partial charge in [0.25, 0.3) is 0 Å². The predicted molar refractivity (Wildman–Crippen MR) is 75.8 cm³/mol. The summed E-state index contributed by atoms with van der Waals surface area (Å²) in [6, 6.07) is 0. The first-order valence-corrected chi connectivity index (χ1v) is 7.82. The Morgan fingerprint density at radius 2 is 2.05 bits per heavy atom. The molecule has 2 fully saturated rings. The molecule has 0 spiro atoms. The average molecular weight is 268 g/mol. The second-order valence-electron chi connectivity index (χ2n) is 6.22. The molecule has 1 saturated carbocycles. The van der Waals surface area contributed by atoms with Crippen molar-refractivity contribution in [1.29, 1.82) is 0 Å². The summed E-state index contributed by atoms with van der Waals surface area (Å²) in [5, 5.41) is 3.08. The minimum absolute atomic E-state index is 0.161. The quantitative estimate of drug-likeness (QED) is 0.774. The van der Waals surface area contributed by atoms with Crippen LogP contribution in [0.2, 0.25) is 0 Å². The fourth-order valence-electron chi connectivity index (χ4n) is 3.28. The van der Waals surface area contributed by atoms with Gasteiger partial charge in [0.2, 0.25) is 5.91 Å². The third-order valence-electron chi connectivity index (χ3n) is 4.73. The molecule has 1 heterocycles. The van der Waals surface area contributed by atoms with E-state index in [0.717, 1.165) is 38.8 Å². The van der Waals surface area contributed by atoms with Gasteiger partial charge >= 0.3 is 0 Å². The first-order chi connectivity index (χ1) is 9.24. The molecule has 0 aromatic heterocycles. The Morgan fingerprint density at radius 1 is 1.26 bits per heavy atom. The number of amides is 1. The van der Waals surface area contributed by atoms with Crippen molar-refractivity contribution in [2.75, 3.05) is 19.7 Å². The lowest BCUT2D eigenvalue weighted by Crippen LogP contribution is -2.40. The lowest BCUT2D eigenvalue weighted by atomic mass is 9.86. The van der Waals surface area contributed by atoms with Crippen LogP contribution in [0.1, 0.15) is 57.8 Å². The van der Waals surface area contributed by atoms with Crippen LogP contribution in [-0.2, 0) is 9.53 Å². The van der Waals surface area contributed by atoms with Gasteiger partial charge in [-0.1, -0.05) is 12.8 Å². The third kappa shape index (κ3) is 4.46. The molecule has 1 amide bonds. The van der Waals surface area contributed by atoms with Gasteiger partial charge in [-0.05, 0) is 50.5 Å². The molecule has 1 aliphatic carbocycles. The lowest BCUT2D eigenvalue weighted by Gasteiger charge is -2.27. The highest BCUT2D eigenvalue weighted by Crippen LogP contribution is 2.36. The maximum atomic E-state index is 11.9. The van der Waals surface area contributed by atoms with E-state index in [0.29, 0.717) is 19.1 Å². The lowest BCUT2D eigenvalue weighted by molar-refractivity contribution is -0.122. The maximum absolute atomic E-state index is 11.9. The van der Waals surface area contributed by atoms with Gasteiger partial charge in [0.15, 0.2) is 0 Å². The molecule has 0 bridgehead atoms. The molecule has 1 saturated heterocycles. The molecule has 0 aromatic rings. The van der Waals surface area contributed by atoms with E-state index in [4.69, 9.17) is 10.5 Å². The highest BCUT2D eigenvalue weighted by Gasteiger charge is 2.32. The van der Waals surface area contributed by atoms with Crippen LogP contribution in [0.3, 0.4) is 0 Å². The summed E-state index contributed by atoms with van der Waals surface area (Å²) in [6.07, 6.45) is 10.1. The summed E-state index contributed by atoms with van der Waals surface area (Å²) < 4.78 is 5.65. The van der Waals surface area contributed by atoms with E-state index >= 15 is 0 Å². The van der Waals surface area contributed by atoms with Crippen molar-refractivity contribution in [1.82, 2.24) is 5.32 Å². The first-order valence-electron chi connectivity index (χ1n) is 7.82. The molecule has 0 aromatic carbocycles. The summed E-state index contributed by atoms with van der Waals surface area (Å²) in [5.74, 6) is 0.161. The number of nitrogens with one attached hydrogen (secondary N) is 1. The minimum atomic E-state index is 0.161. The zero-order valence-corrected chi connectivity index (χ0v) is 12.0. The van der Waals surface area contributed by atoms with Crippen molar-refractivity contribution >= 4 is 5.91 Å². The largest absolute Gasteiger partial charge is 0.378 e. The van der Waals surface area contributed by atoms with Gasteiger partial charge in [-0.2, -0.15) is 0 Å². The van der Waals surface area contributed by atoms with Crippen LogP contribution in [0.5, 0.6) is 0 Å². The summed E-state index contributed by atoms with van der Waals surface area (Å²) in [4.78, 5) is 11.9. The van der Waals surface area contributed by atoms with E-state index in [9.17, 15) is 4.79 Å². The third-order valence-corrected chi connectivity index (χ3v) is 4.73. The van der Waals surface area contributed by atoms with Gasteiger partial charge in [-0.3, -0.25) is 4.79 Å². The fraction of sp³-hybridized carbons (Fsp3) is 0.933. The Balaban J connectivity index is 1.63. The van der Waals surface area contributed by atoms with Gasteiger partial charge in [-0.15, -0.1) is 0 Å². The fourth-order valence-corrected chi connectivity index (χ4v) is 3.28. The molecule has 110 valence electrons. The topological polar surface area (TPSA) is 64.3 Å². The number of ether oxygens (including phenoxy) is 1. The minimum Gasteiger partial charge on any atom is -0.378 e. The van der Waals surface area contributed by atoms with Crippen LogP contribution in [0, 0.1) is 5.41 Å². The molecule has 19 heavy (non-hydrogen) atoms. The zero-order valence-electron chi connectivity index (χ0n) is 12.0. The summed E-state index contributed by atoms with van der Waals surface area (Å²) in [5.41, 5.74) is 6.05. The van der Waals surface area contributed by atoms with Crippen LogP contribution in [0.25, 0.3) is 0 Å².